The zero-order valence-electron chi connectivity index (χ0n) is 13.8. The zero-order chi connectivity index (χ0) is 15.6. The number of para-hydroxylation sites is 1. The molecule has 0 heterocycles. The van der Waals surface area contributed by atoms with Crippen LogP contribution in [0.4, 0.5) is 0 Å². The van der Waals surface area contributed by atoms with Crippen LogP contribution in [0.25, 0.3) is 0 Å². The molecule has 1 atom stereocenters. The second-order valence-corrected chi connectivity index (χ2v) is 6.61. The molecule has 118 valence electrons. The van der Waals surface area contributed by atoms with E-state index >= 15 is 0 Å². The summed E-state index contributed by atoms with van der Waals surface area (Å²) >= 11 is 0. The quantitative estimate of drug-likeness (QED) is 0.542. The number of hydrogen-bond donors (Lipinski definition) is 0. The predicted octanol–water partition coefficient (Wildman–Crippen LogP) is 5.67. The van der Waals surface area contributed by atoms with Gasteiger partial charge in [0, 0.05) is 5.30 Å². The third-order valence-corrected chi connectivity index (χ3v) is 4.90. The number of rotatable bonds is 9. The highest BCUT2D eigenvalue weighted by Gasteiger charge is 2.09. The first-order valence-electron chi connectivity index (χ1n) is 8.43. The maximum atomic E-state index is 6.00. The van der Waals surface area contributed by atoms with Crippen molar-refractivity contribution < 1.29 is 4.52 Å². The van der Waals surface area contributed by atoms with Gasteiger partial charge in [-0.25, -0.2) is 0 Å². The van der Waals surface area contributed by atoms with Crippen LogP contribution in [0.3, 0.4) is 0 Å². The Morgan fingerprint density at radius 3 is 2.27 bits per heavy atom. The average molecular weight is 314 g/mol. The van der Waals surface area contributed by atoms with Gasteiger partial charge in [0.05, 0.1) is 0 Å². The molecule has 0 saturated carbocycles. The molecule has 0 radical (unpaired) electrons. The Hall–Kier alpha value is -1.33. The van der Waals surface area contributed by atoms with E-state index in [-0.39, 0.29) is 0 Å². The van der Waals surface area contributed by atoms with Gasteiger partial charge in [-0.15, -0.1) is 0 Å². The summed E-state index contributed by atoms with van der Waals surface area (Å²) in [6.07, 6.45) is 7.39. The van der Waals surface area contributed by atoms with Crippen molar-refractivity contribution >= 4 is 14.1 Å². The van der Waals surface area contributed by atoms with E-state index in [0.29, 0.717) is 8.81 Å². The van der Waals surface area contributed by atoms with E-state index in [0.717, 1.165) is 5.75 Å². The maximum Gasteiger partial charge on any atom is 0.123 e. The number of benzene rings is 2. The van der Waals surface area contributed by atoms with Crippen LogP contribution in [-0.4, -0.2) is 0 Å². The molecule has 0 fully saturated rings. The van der Waals surface area contributed by atoms with Crippen molar-refractivity contribution in [2.75, 3.05) is 0 Å². The fourth-order valence-corrected chi connectivity index (χ4v) is 3.52. The van der Waals surface area contributed by atoms with Crippen molar-refractivity contribution in [2.24, 2.45) is 0 Å². The minimum absolute atomic E-state index is 0.393. The van der Waals surface area contributed by atoms with Gasteiger partial charge in [-0.2, -0.15) is 0 Å². The SMILES string of the molecule is CCCCc1cccc(POc2ccccc2)c1CCCC. The average Bonchev–Trinajstić information content (AvgIpc) is 2.57. The molecule has 0 bridgehead atoms. The lowest BCUT2D eigenvalue weighted by atomic mass is 9.98. The van der Waals surface area contributed by atoms with Gasteiger partial charge in [0.25, 0.3) is 0 Å². The molecule has 0 N–H and O–H groups in total. The van der Waals surface area contributed by atoms with E-state index < -0.39 is 0 Å². The normalized spacial score (nSPS) is 11.2. The molecule has 1 unspecified atom stereocenters. The smallest absolute Gasteiger partial charge is 0.123 e. The molecular weight excluding hydrogens is 287 g/mol. The van der Waals surface area contributed by atoms with E-state index in [1.165, 1.54) is 55.0 Å². The standard InChI is InChI=1S/C20H27OP/c1-3-5-11-17-12-10-16-20(19(17)15-6-4-2)22-21-18-13-8-7-9-14-18/h7-10,12-14,16,22H,3-6,11,15H2,1-2H3. The molecule has 2 aromatic carbocycles. The molecule has 22 heavy (non-hydrogen) atoms. The lowest BCUT2D eigenvalue weighted by molar-refractivity contribution is 0.638. The first-order chi connectivity index (χ1) is 10.8. The van der Waals surface area contributed by atoms with E-state index in [2.05, 4.69) is 32.0 Å². The fraction of sp³-hybridized carbons (Fsp3) is 0.400. The summed E-state index contributed by atoms with van der Waals surface area (Å²) in [5.41, 5.74) is 3.06. The Balaban J connectivity index is 2.13. The van der Waals surface area contributed by atoms with Crippen LogP contribution < -0.4 is 9.83 Å². The molecule has 0 spiro atoms. The Bertz CT molecular complexity index is 551. The predicted molar refractivity (Wildman–Crippen MR) is 98.7 cm³/mol. The molecular formula is C20H27OP. The van der Waals surface area contributed by atoms with Gasteiger partial charge in [0.15, 0.2) is 0 Å². The zero-order valence-corrected chi connectivity index (χ0v) is 14.8. The summed E-state index contributed by atoms with van der Waals surface area (Å²) in [4.78, 5) is 0. The van der Waals surface area contributed by atoms with Gasteiger partial charge >= 0.3 is 0 Å². The minimum Gasteiger partial charge on any atom is -0.472 e. The summed E-state index contributed by atoms with van der Waals surface area (Å²) in [5, 5.41) is 1.38. The van der Waals surface area contributed by atoms with Crippen LogP contribution in [0.1, 0.15) is 50.7 Å². The summed E-state index contributed by atoms with van der Waals surface area (Å²) in [6, 6.07) is 16.9. The van der Waals surface area contributed by atoms with Gasteiger partial charge in [-0.05, 0) is 48.9 Å². The maximum absolute atomic E-state index is 6.00. The Morgan fingerprint density at radius 1 is 0.818 bits per heavy atom. The Morgan fingerprint density at radius 2 is 1.55 bits per heavy atom. The second-order valence-electron chi connectivity index (χ2n) is 5.67. The van der Waals surface area contributed by atoms with Gasteiger partial charge < -0.3 is 4.52 Å². The summed E-state index contributed by atoms with van der Waals surface area (Å²) < 4.78 is 6.00. The van der Waals surface area contributed by atoms with Gasteiger partial charge in [0.1, 0.15) is 14.6 Å². The molecule has 0 amide bonds. The first-order valence-corrected chi connectivity index (χ1v) is 9.34. The third-order valence-electron chi connectivity index (χ3n) is 3.88. The topological polar surface area (TPSA) is 9.23 Å². The highest BCUT2D eigenvalue weighted by atomic mass is 31.1. The van der Waals surface area contributed by atoms with Crippen molar-refractivity contribution in [1.29, 1.82) is 0 Å². The Labute approximate surface area is 137 Å². The summed E-state index contributed by atoms with van der Waals surface area (Å²) in [6.45, 7) is 4.52. The largest absolute Gasteiger partial charge is 0.472 e. The fourth-order valence-electron chi connectivity index (χ4n) is 2.58. The summed E-state index contributed by atoms with van der Waals surface area (Å²) in [5.74, 6) is 0.959. The van der Waals surface area contributed by atoms with Crippen LogP contribution in [0.5, 0.6) is 5.75 Å². The first kappa shape index (κ1) is 17.0. The van der Waals surface area contributed by atoms with E-state index in [1.807, 2.05) is 30.3 Å². The van der Waals surface area contributed by atoms with Crippen LogP contribution in [0, 0.1) is 0 Å². The van der Waals surface area contributed by atoms with E-state index in [9.17, 15) is 0 Å². The van der Waals surface area contributed by atoms with Crippen molar-refractivity contribution in [2.45, 2.75) is 52.4 Å². The molecule has 0 saturated heterocycles. The van der Waals surface area contributed by atoms with E-state index in [4.69, 9.17) is 4.52 Å². The monoisotopic (exact) mass is 314 g/mol. The van der Waals surface area contributed by atoms with Gasteiger partial charge in [-0.3, -0.25) is 0 Å². The molecule has 2 heteroatoms. The van der Waals surface area contributed by atoms with Crippen molar-refractivity contribution in [1.82, 2.24) is 0 Å². The van der Waals surface area contributed by atoms with Crippen LogP contribution in [-0.2, 0) is 12.8 Å². The highest BCUT2D eigenvalue weighted by molar-refractivity contribution is 7.42. The minimum atomic E-state index is 0.393. The highest BCUT2D eigenvalue weighted by Crippen LogP contribution is 2.24. The molecule has 0 aliphatic carbocycles. The van der Waals surface area contributed by atoms with Crippen molar-refractivity contribution in [3.63, 3.8) is 0 Å². The molecule has 1 nitrogen and oxygen atoms in total. The lowest BCUT2D eigenvalue weighted by Gasteiger charge is -2.15. The number of aryl methyl sites for hydroxylation is 1. The lowest BCUT2D eigenvalue weighted by Crippen LogP contribution is -2.10. The molecule has 0 aliphatic rings. The Kier molecular flexibility index (Phi) is 7.46. The summed E-state index contributed by atoms with van der Waals surface area (Å²) in [7, 11) is 0.393. The second kappa shape index (κ2) is 9.64. The molecule has 0 aromatic heterocycles. The van der Waals surface area contributed by atoms with Crippen molar-refractivity contribution in [3.8, 4) is 5.75 Å². The van der Waals surface area contributed by atoms with Crippen molar-refractivity contribution in [3.05, 3.63) is 59.7 Å². The van der Waals surface area contributed by atoms with Crippen LogP contribution >= 0.6 is 8.81 Å². The van der Waals surface area contributed by atoms with Gasteiger partial charge in [-0.1, -0.05) is 63.1 Å². The molecule has 2 rings (SSSR count). The molecule has 0 aliphatic heterocycles. The molecule has 2 aromatic rings. The van der Waals surface area contributed by atoms with Gasteiger partial charge in [0.2, 0.25) is 0 Å². The third kappa shape index (κ3) is 5.14. The van der Waals surface area contributed by atoms with Crippen LogP contribution in [0.15, 0.2) is 48.5 Å². The van der Waals surface area contributed by atoms with E-state index in [1.54, 1.807) is 0 Å². The number of hydrogen-bond acceptors (Lipinski definition) is 1. The van der Waals surface area contributed by atoms with Crippen LogP contribution in [0.2, 0.25) is 0 Å². The number of unbranched alkanes of at least 4 members (excludes halogenated alkanes) is 2.